The van der Waals surface area contributed by atoms with E-state index in [1.54, 1.807) is 29.2 Å². The van der Waals surface area contributed by atoms with Crippen LogP contribution in [0.3, 0.4) is 0 Å². The molecular formula is C21H18F2N2O3. The number of carbonyl (C=O) groups is 2. The van der Waals surface area contributed by atoms with Gasteiger partial charge < -0.3 is 9.64 Å². The van der Waals surface area contributed by atoms with Gasteiger partial charge in [0.15, 0.2) is 12.4 Å². The summed E-state index contributed by atoms with van der Waals surface area (Å²) in [6, 6.07) is 11.3. The lowest BCUT2D eigenvalue weighted by molar-refractivity contribution is -0.134. The highest BCUT2D eigenvalue weighted by molar-refractivity contribution is 5.98. The number of carbonyl (C=O) groups excluding carboxylic acids is 2. The lowest BCUT2D eigenvalue weighted by Crippen LogP contribution is -2.42. The largest absolute Gasteiger partial charge is 0.484 e. The number of halogens is 2. The molecule has 144 valence electrons. The van der Waals surface area contributed by atoms with Crippen molar-refractivity contribution >= 4 is 11.7 Å². The molecule has 0 aliphatic carbocycles. The van der Waals surface area contributed by atoms with Gasteiger partial charge >= 0.3 is 0 Å². The first kappa shape index (κ1) is 19.5. The van der Waals surface area contributed by atoms with Gasteiger partial charge in [0.25, 0.3) is 5.91 Å². The molecule has 0 atom stereocenters. The van der Waals surface area contributed by atoms with E-state index in [2.05, 4.69) is 0 Å². The molecule has 1 heterocycles. The van der Waals surface area contributed by atoms with Gasteiger partial charge in [-0.1, -0.05) is 0 Å². The summed E-state index contributed by atoms with van der Waals surface area (Å²) in [5, 5.41) is 8.76. The Bertz CT molecular complexity index is 914. The molecule has 1 amide bonds. The normalized spacial score (nSPS) is 14.4. The minimum Gasteiger partial charge on any atom is -0.484 e. The molecule has 2 aromatic rings. The van der Waals surface area contributed by atoms with Crippen LogP contribution in [0.2, 0.25) is 0 Å². The predicted molar refractivity (Wildman–Crippen MR) is 96.6 cm³/mol. The van der Waals surface area contributed by atoms with Crippen molar-refractivity contribution in [2.45, 2.75) is 12.8 Å². The van der Waals surface area contributed by atoms with Gasteiger partial charge in [0.05, 0.1) is 17.2 Å². The average Bonchev–Trinajstić information content (AvgIpc) is 2.73. The average molecular weight is 384 g/mol. The van der Waals surface area contributed by atoms with Crippen LogP contribution in [0.5, 0.6) is 5.75 Å². The van der Waals surface area contributed by atoms with Crippen LogP contribution in [0.15, 0.2) is 42.5 Å². The first-order chi connectivity index (χ1) is 13.5. The monoisotopic (exact) mass is 384 g/mol. The van der Waals surface area contributed by atoms with E-state index in [1.807, 2.05) is 6.07 Å². The maximum Gasteiger partial charge on any atom is 0.260 e. The van der Waals surface area contributed by atoms with Crippen molar-refractivity contribution in [3.8, 4) is 11.8 Å². The molecule has 2 aromatic carbocycles. The van der Waals surface area contributed by atoms with E-state index in [9.17, 15) is 18.4 Å². The van der Waals surface area contributed by atoms with Crippen molar-refractivity contribution in [3.63, 3.8) is 0 Å². The summed E-state index contributed by atoms with van der Waals surface area (Å²) >= 11 is 0. The molecule has 0 spiro atoms. The number of hydrogen-bond donors (Lipinski definition) is 0. The number of benzene rings is 2. The molecule has 1 fully saturated rings. The second kappa shape index (κ2) is 8.61. The molecule has 0 N–H and O–H groups in total. The Morgan fingerprint density at radius 3 is 2.43 bits per heavy atom. The number of rotatable bonds is 5. The summed E-state index contributed by atoms with van der Waals surface area (Å²) in [6.07, 6.45) is 0.773. The van der Waals surface area contributed by atoms with E-state index in [-0.39, 0.29) is 18.1 Å². The smallest absolute Gasteiger partial charge is 0.260 e. The van der Waals surface area contributed by atoms with Crippen LogP contribution in [-0.4, -0.2) is 36.3 Å². The lowest BCUT2D eigenvalue weighted by Gasteiger charge is -2.31. The predicted octanol–water partition coefficient (Wildman–Crippen LogP) is 3.34. The fraction of sp³-hybridized carbons (Fsp3) is 0.286. The number of nitriles is 1. The highest BCUT2D eigenvalue weighted by Gasteiger charge is 2.29. The number of piperidine rings is 1. The molecule has 0 aromatic heterocycles. The number of Topliss-reactive ketones (excluding diaryl/α,β-unsaturated/α-hetero) is 1. The summed E-state index contributed by atoms with van der Waals surface area (Å²) in [5.74, 6) is -2.00. The quantitative estimate of drug-likeness (QED) is 0.742. The number of ether oxygens (including phenoxy) is 1. The molecule has 7 heteroatoms. The first-order valence-electron chi connectivity index (χ1n) is 8.88. The molecule has 0 saturated carbocycles. The van der Waals surface area contributed by atoms with Crippen molar-refractivity contribution in [1.82, 2.24) is 4.90 Å². The molecule has 5 nitrogen and oxygen atoms in total. The Balaban J connectivity index is 1.51. The van der Waals surface area contributed by atoms with Gasteiger partial charge in [-0.05, 0) is 55.3 Å². The number of nitrogens with zero attached hydrogens (tertiary/aromatic N) is 2. The zero-order chi connectivity index (χ0) is 20.1. The van der Waals surface area contributed by atoms with E-state index in [1.165, 1.54) is 0 Å². The topological polar surface area (TPSA) is 70.4 Å². The standard InChI is InChI=1S/C21H18F2N2O3/c22-16-3-6-19(23)18(11-16)21(27)15-7-9-25(10-8-15)20(26)13-28-17-4-1-14(12-24)2-5-17/h1-6,11,15H,7-10,13H2. The van der Waals surface area contributed by atoms with Crippen LogP contribution in [-0.2, 0) is 4.79 Å². The minimum absolute atomic E-state index is 0.150. The van der Waals surface area contributed by atoms with Gasteiger partial charge in [-0.25, -0.2) is 8.78 Å². The van der Waals surface area contributed by atoms with Crippen molar-refractivity contribution < 1.29 is 23.1 Å². The Morgan fingerprint density at radius 2 is 1.79 bits per heavy atom. The third-order valence-corrected chi connectivity index (χ3v) is 4.76. The van der Waals surface area contributed by atoms with Crippen LogP contribution in [0.4, 0.5) is 8.78 Å². The Morgan fingerprint density at radius 1 is 1.11 bits per heavy atom. The highest BCUT2D eigenvalue weighted by atomic mass is 19.1. The molecule has 1 saturated heterocycles. The van der Waals surface area contributed by atoms with Gasteiger partial charge in [-0.2, -0.15) is 5.26 Å². The third kappa shape index (κ3) is 4.52. The lowest BCUT2D eigenvalue weighted by atomic mass is 9.88. The molecule has 0 bridgehead atoms. The number of ketones is 1. The molecule has 28 heavy (non-hydrogen) atoms. The van der Waals surface area contributed by atoms with E-state index >= 15 is 0 Å². The fourth-order valence-electron chi connectivity index (χ4n) is 3.16. The Kier molecular flexibility index (Phi) is 5.99. The summed E-state index contributed by atoms with van der Waals surface area (Å²) in [5.41, 5.74) is 0.258. The molecular weight excluding hydrogens is 366 g/mol. The second-order valence-electron chi connectivity index (χ2n) is 6.57. The molecule has 1 aliphatic heterocycles. The Labute approximate surface area is 161 Å². The van der Waals surface area contributed by atoms with Crippen molar-refractivity contribution in [1.29, 1.82) is 5.26 Å². The zero-order valence-electron chi connectivity index (χ0n) is 15.0. The van der Waals surface area contributed by atoms with E-state index in [4.69, 9.17) is 10.00 Å². The third-order valence-electron chi connectivity index (χ3n) is 4.76. The van der Waals surface area contributed by atoms with Gasteiger partial charge in [0.2, 0.25) is 0 Å². The van der Waals surface area contributed by atoms with Crippen LogP contribution in [0.25, 0.3) is 0 Å². The number of hydrogen-bond acceptors (Lipinski definition) is 4. The number of amides is 1. The van der Waals surface area contributed by atoms with Gasteiger partial charge in [0.1, 0.15) is 17.4 Å². The van der Waals surface area contributed by atoms with Gasteiger partial charge in [-0.3, -0.25) is 9.59 Å². The fourth-order valence-corrected chi connectivity index (χ4v) is 3.16. The van der Waals surface area contributed by atoms with Crippen LogP contribution in [0, 0.1) is 28.9 Å². The van der Waals surface area contributed by atoms with E-state index in [0.29, 0.717) is 37.2 Å². The summed E-state index contributed by atoms with van der Waals surface area (Å²) in [7, 11) is 0. The highest BCUT2D eigenvalue weighted by Crippen LogP contribution is 2.24. The van der Waals surface area contributed by atoms with Crippen LogP contribution in [0.1, 0.15) is 28.8 Å². The minimum atomic E-state index is -0.735. The van der Waals surface area contributed by atoms with E-state index < -0.39 is 23.3 Å². The molecule has 0 unspecified atom stereocenters. The van der Waals surface area contributed by atoms with Crippen LogP contribution >= 0.6 is 0 Å². The summed E-state index contributed by atoms with van der Waals surface area (Å²) in [4.78, 5) is 26.3. The van der Waals surface area contributed by atoms with Crippen molar-refractivity contribution in [2.24, 2.45) is 5.92 Å². The number of likely N-dealkylation sites (tertiary alicyclic amines) is 1. The molecule has 1 aliphatic rings. The van der Waals surface area contributed by atoms with Crippen molar-refractivity contribution in [2.75, 3.05) is 19.7 Å². The van der Waals surface area contributed by atoms with E-state index in [0.717, 1.165) is 18.2 Å². The first-order valence-corrected chi connectivity index (χ1v) is 8.88. The van der Waals surface area contributed by atoms with Crippen molar-refractivity contribution in [3.05, 3.63) is 65.2 Å². The molecule has 3 rings (SSSR count). The van der Waals surface area contributed by atoms with Crippen LogP contribution < -0.4 is 4.74 Å². The maximum atomic E-state index is 13.8. The maximum absolute atomic E-state index is 13.8. The SMILES string of the molecule is N#Cc1ccc(OCC(=O)N2CCC(C(=O)c3cc(F)ccc3F)CC2)cc1. The van der Waals surface area contributed by atoms with Gasteiger partial charge in [0, 0.05) is 19.0 Å². The summed E-state index contributed by atoms with van der Waals surface area (Å²) < 4.78 is 32.5. The molecule has 0 radical (unpaired) electrons. The second-order valence-corrected chi connectivity index (χ2v) is 6.57. The Hall–Kier alpha value is -3.27. The zero-order valence-corrected chi connectivity index (χ0v) is 15.0. The summed E-state index contributed by atoms with van der Waals surface area (Å²) in [6.45, 7) is 0.550. The van der Waals surface area contributed by atoms with Gasteiger partial charge in [-0.15, -0.1) is 0 Å².